The molecule has 0 saturated carbocycles. The van der Waals surface area contributed by atoms with Crippen LogP contribution < -0.4 is 5.32 Å². The number of aryl methyl sites for hydroxylation is 1. The number of aromatic nitrogens is 2. The maximum Gasteiger partial charge on any atom is 0.317 e. The van der Waals surface area contributed by atoms with Crippen molar-refractivity contribution in [2.75, 3.05) is 32.7 Å². The van der Waals surface area contributed by atoms with Crippen LogP contribution in [0.4, 0.5) is 4.79 Å². The summed E-state index contributed by atoms with van der Waals surface area (Å²) < 4.78 is 5.28. The number of hydrogen-bond acceptors (Lipinski definition) is 5. The Bertz CT molecular complexity index is 587. The van der Waals surface area contributed by atoms with Gasteiger partial charge in [-0.1, -0.05) is 19.0 Å². The molecule has 26 heavy (non-hydrogen) atoms. The van der Waals surface area contributed by atoms with Gasteiger partial charge in [-0.15, -0.1) is 0 Å². The van der Waals surface area contributed by atoms with Crippen molar-refractivity contribution in [2.45, 2.75) is 58.9 Å². The van der Waals surface area contributed by atoms with Gasteiger partial charge in [-0.3, -0.25) is 0 Å². The molecule has 7 heteroatoms. The fourth-order valence-corrected chi connectivity index (χ4v) is 4.48. The predicted molar refractivity (Wildman–Crippen MR) is 100.0 cm³/mol. The van der Waals surface area contributed by atoms with E-state index in [1.807, 2.05) is 11.8 Å². The van der Waals surface area contributed by atoms with Crippen molar-refractivity contribution in [3.63, 3.8) is 0 Å². The van der Waals surface area contributed by atoms with Crippen molar-refractivity contribution in [3.8, 4) is 0 Å². The molecule has 1 N–H and O–H groups in total. The molecule has 0 aromatic carbocycles. The van der Waals surface area contributed by atoms with E-state index in [-0.39, 0.29) is 18.0 Å². The first-order valence-electron chi connectivity index (χ1n) is 9.98. The van der Waals surface area contributed by atoms with Crippen molar-refractivity contribution >= 4 is 6.03 Å². The number of nitrogens with one attached hydrogen (secondary N) is 1. The fourth-order valence-electron chi connectivity index (χ4n) is 4.48. The van der Waals surface area contributed by atoms with E-state index in [1.54, 1.807) is 0 Å². The van der Waals surface area contributed by atoms with E-state index in [4.69, 9.17) is 4.52 Å². The predicted octanol–water partition coefficient (Wildman–Crippen LogP) is 2.63. The molecule has 2 fully saturated rings. The number of rotatable bonds is 4. The van der Waals surface area contributed by atoms with Crippen LogP contribution in [0.25, 0.3) is 0 Å². The molecule has 3 rings (SSSR count). The van der Waals surface area contributed by atoms with Crippen molar-refractivity contribution in [3.05, 3.63) is 11.7 Å². The highest BCUT2D eigenvalue weighted by Crippen LogP contribution is 2.26. The number of amides is 2. The summed E-state index contributed by atoms with van der Waals surface area (Å²) in [6.07, 6.45) is 3.07. The molecule has 0 radical (unpaired) electrons. The normalized spacial score (nSPS) is 26.7. The van der Waals surface area contributed by atoms with Crippen LogP contribution >= 0.6 is 0 Å². The van der Waals surface area contributed by atoms with Gasteiger partial charge in [0.05, 0.1) is 0 Å². The Morgan fingerprint density at radius 3 is 2.50 bits per heavy atom. The van der Waals surface area contributed by atoms with Gasteiger partial charge in [0.1, 0.15) is 0 Å². The van der Waals surface area contributed by atoms with E-state index < -0.39 is 0 Å². The molecule has 3 atom stereocenters. The monoisotopic (exact) mass is 363 g/mol. The first-order chi connectivity index (χ1) is 12.4. The quantitative estimate of drug-likeness (QED) is 0.890. The summed E-state index contributed by atoms with van der Waals surface area (Å²) in [7, 11) is 0. The zero-order chi connectivity index (χ0) is 18.7. The Balaban J connectivity index is 1.42. The molecule has 3 heterocycles. The molecular weight excluding hydrogens is 330 g/mol. The minimum atomic E-state index is 0.0516. The second-order valence-corrected chi connectivity index (χ2v) is 8.46. The molecule has 2 amide bonds. The van der Waals surface area contributed by atoms with Crippen LogP contribution in [0, 0.1) is 18.8 Å². The number of nitrogens with zero attached hydrogens (tertiary/aromatic N) is 4. The topological polar surface area (TPSA) is 74.5 Å². The standard InChI is InChI=1S/C19H33N5O2/c1-13-9-14(2)11-23(10-13)12-15(3)20-19(25)24-7-5-17(6-8-24)18-21-16(4)22-26-18/h13-15,17H,5-12H2,1-4H3,(H,20,25). The number of urea groups is 1. The molecule has 0 spiro atoms. The zero-order valence-corrected chi connectivity index (χ0v) is 16.6. The van der Waals surface area contributed by atoms with Crippen LogP contribution in [0.1, 0.15) is 57.7 Å². The molecule has 1 aromatic rings. The summed E-state index contributed by atoms with van der Waals surface area (Å²) in [5.74, 6) is 3.15. The van der Waals surface area contributed by atoms with E-state index in [2.05, 4.69) is 41.1 Å². The largest absolute Gasteiger partial charge is 0.339 e. The van der Waals surface area contributed by atoms with Gasteiger partial charge < -0.3 is 19.6 Å². The number of hydrogen-bond donors (Lipinski definition) is 1. The van der Waals surface area contributed by atoms with Gasteiger partial charge in [0.25, 0.3) is 0 Å². The maximum absolute atomic E-state index is 12.6. The average Bonchev–Trinajstić information content (AvgIpc) is 3.00. The molecule has 2 saturated heterocycles. The number of carbonyl (C=O) groups excluding carboxylic acids is 1. The number of carbonyl (C=O) groups is 1. The lowest BCUT2D eigenvalue weighted by Gasteiger charge is -2.37. The zero-order valence-electron chi connectivity index (χ0n) is 16.6. The molecular formula is C19H33N5O2. The summed E-state index contributed by atoms with van der Waals surface area (Å²) in [4.78, 5) is 21.3. The third-order valence-electron chi connectivity index (χ3n) is 5.52. The number of likely N-dealkylation sites (tertiary alicyclic amines) is 2. The van der Waals surface area contributed by atoms with Gasteiger partial charge in [0, 0.05) is 44.7 Å². The van der Waals surface area contributed by atoms with Crippen LogP contribution in [0.5, 0.6) is 0 Å². The van der Waals surface area contributed by atoms with Crippen molar-refractivity contribution in [1.82, 2.24) is 25.3 Å². The van der Waals surface area contributed by atoms with Gasteiger partial charge >= 0.3 is 6.03 Å². The van der Waals surface area contributed by atoms with E-state index in [0.29, 0.717) is 11.7 Å². The lowest BCUT2D eigenvalue weighted by atomic mass is 9.92. The van der Waals surface area contributed by atoms with Crippen molar-refractivity contribution in [2.24, 2.45) is 11.8 Å². The third-order valence-corrected chi connectivity index (χ3v) is 5.52. The minimum Gasteiger partial charge on any atom is -0.339 e. The van der Waals surface area contributed by atoms with Crippen LogP contribution in [-0.2, 0) is 0 Å². The Morgan fingerprint density at radius 1 is 1.27 bits per heavy atom. The lowest BCUT2D eigenvalue weighted by molar-refractivity contribution is 0.127. The van der Waals surface area contributed by atoms with Crippen molar-refractivity contribution in [1.29, 1.82) is 0 Å². The lowest BCUT2D eigenvalue weighted by Crippen LogP contribution is -2.51. The highest BCUT2D eigenvalue weighted by atomic mass is 16.5. The molecule has 2 aliphatic heterocycles. The van der Waals surface area contributed by atoms with E-state index in [1.165, 1.54) is 6.42 Å². The maximum atomic E-state index is 12.6. The summed E-state index contributed by atoms with van der Waals surface area (Å²) in [6, 6.07) is 0.215. The smallest absolute Gasteiger partial charge is 0.317 e. The number of piperidine rings is 2. The second kappa shape index (κ2) is 8.37. The van der Waals surface area contributed by atoms with Crippen LogP contribution in [0.15, 0.2) is 4.52 Å². The Labute approximate surface area is 156 Å². The Kier molecular flexibility index (Phi) is 6.16. The average molecular weight is 364 g/mol. The molecule has 2 aliphatic rings. The first kappa shape index (κ1) is 19.1. The van der Waals surface area contributed by atoms with Gasteiger partial charge in [-0.05, 0) is 44.9 Å². The highest BCUT2D eigenvalue weighted by Gasteiger charge is 2.28. The molecule has 0 aliphatic carbocycles. The Hall–Kier alpha value is -1.63. The molecule has 1 aromatic heterocycles. The van der Waals surface area contributed by atoms with E-state index in [9.17, 15) is 4.79 Å². The minimum absolute atomic E-state index is 0.0516. The second-order valence-electron chi connectivity index (χ2n) is 8.46. The summed E-state index contributed by atoms with van der Waals surface area (Å²) >= 11 is 0. The highest BCUT2D eigenvalue weighted by molar-refractivity contribution is 5.74. The molecule has 146 valence electrons. The van der Waals surface area contributed by atoms with Gasteiger partial charge in [0.15, 0.2) is 5.82 Å². The molecule has 7 nitrogen and oxygen atoms in total. The van der Waals surface area contributed by atoms with Crippen LogP contribution in [0.2, 0.25) is 0 Å². The summed E-state index contributed by atoms with van der Waals surface area (Å²) in [5, 5.41) is 7.05. The van der Waals surface area contributed by atoms with Gasteiger partial charge in [-0.25, -0.2) is 4.79 Å². The summed E-state index contributed by atoms with van der Waals surface area (Å²) in [6.45, 7) is 13.3. The van der Waals surface area contributed by atoms with E-state index in [0.717, 1.165) is 57.4 Å². The summed E-state index contributed by atoms with van der Waals surface area (Å²) in [5.41, 5.74) is 0. The van der Waals surface area contributed by atoms with Crippen molar-refractivity contribution < 1.29 is 9.32 Å². The van der Waals surface area contributed by atoms with Crippen LogP contribution in [0.3, 0.4) is 0 Å². The SMILES string of the molecule is Cc1noc(C2CCN(C(=O)NC(C)CN3CC(C)CC(C)C3)CC2)n1. The Morgan fingerprint density at radius 2 is 1.92 bits per heavy atom. The van der Waals surface area contributed by atoms with Crippen LogP contribution in [-0.4, -0.2) is 64.7 Å². The van der Waals surface area contributed by atoms with Gasteiger partial charge in [0.2, 0.25) is 5.89 Å². The van der Waals surface area contributed by atoms with Gasteiger partial charge in [-0.2, -0.15) is 4.98 Å². The molecule has 3 unspecified atom stereocenters. The first-order valence-corrected chi connectivity index (χ1v) is 9.98. The molecule has 0 bridgehead atoms. The fraction of sp³-hybridized carbons (Fsp3) is 0.842. The van der Waals surface area contributed by atoms with E-state index >= 15 is 0 Å². The third kappa shape index (κ3) is 4.96.